The molecular weight excluding hydrogens is 513 g/mol. The van der Waals surface area contributed by atoms with Crippen LogP contribution in [0.1, 0.15) is 39.9 Å². The summed E-state index contributed by atoms with van der Waals surface area (Å²) in [6.07, 6.45) is 2.70. The van der Waals surface area contributed by atoms with E-state index in [9.17, 15) is 4.79 Å². The Morgan fingerprint density at radius 1 is 1.45 bits per heavy atom. The lowest BCUT2D eigenvalue weighted by Gasteiger charge is -2.23. The minimum atomic E-state index is -0.504. The molecule has 1 amide bonds. The molecule has 1 fully saturated rings. The highest BCUT2D eigenvalue weighted by Crippen LogP contribution is 2.15. The van der Waals surface area contributed by atoms with Gasteiger partial charge in [-0.25, -0.2) is 9.78 Å². The van der Waals surface area contributed by atoms with Gasteiger partial charge in [-0.3, -0.25) is 10.1 Å². The fourth-order valence-electron chi connectivity index (χ4n) is 3.16. The molecule has 0 aliphatic carbocycles. The van der Waals surface area contributed by atoms with Crippen LogP contribution in [0.2, 0.25) is 0 Å². The van der Waals surface area contributed by atoms with E-state index in [0.717, 1.165) is 31.3 Å². The minimum Gasteiger partial charge on any atom is -0.461 e. The predicted octanol–water partition coefficient (Wildman–Crippen LogP) is 2.79. The van der Waals surface area contributed by atoms with Crippen molar-refractivity contribution in [1.29, 1.82) is 0 Å². The summed E-state index contributed by atoms with van der Waals surface area (Å²) in [4.78, 5) is 23.3. The molecule has 0 radical (unpaired) electrons. The molecule has 10 nitrogen and oxygen atoms in total. The van der Waals surface area contributed by atoms with Gasteiger partial charge in [0, 0.05) is 32.6 Å². The smallest absolute Gasteiger partial charge is 0.407 e. The van der Waals surface area contributed by atoms with E-state index in [4.69, 9.17) is 14.1 Å². The van der Waals surface area contributed by atoms with Crippen LogP contribution in [0.25, 0.3) is 11.6 Å². The second kappa shape index (κ2) is 11.3. The number of guanidine groups is 1. The Morgan fingerprint density at radius 3 is 2.94 bits per heavy atom. The van der Waals surface area contributed by atoms with E-state index in [1.807, 2.05) is 33.8 Å². The molecule has 0 aromatic carbocycles. The second-order valence-corrected chi connectivity index (χ2v) is 8.15. The van der Waals surface area contributed by atoms with Gasteiger partial charge in [0.1, 0.15) is 11.4 Å². The molecular formula is C20H32IN7O3. The van der Waals surface area contributed by atoms with Crippen molar-refractivity contribution in [2.45, 2.75) is 52.2 Å². The van der Waals surface area contributed by atoms with Gasteiger partial charge >= 0.3 is 6.09 Å². The highest BCUT2D eigenvalue weighted by molar-refractivity contribution is 14.0. The van der Waals surface area contributed by atoms with Gasteiger partial charge < -0.3 is 24.7 Å². The summed E-state index contributed by atoms with van der Waals surface area (Å²) in [5, 5.41) is 13.4. The van der Waals surface area contributed by atoms with Crippen molar-refractivity contribution in [3.05, 3.63) is 24.2 Å². The van der Waals surface area contributed by atoms with Crippen LogP contribution in [-0.2, 0) is 11.2 Å². The molecule has 31 heavy (non-hydrogen) atoms. The lowest BCUT2D eigenvalue weighted by molar-refractivity contribution is 0.0507. The van der Waals surface area contributed by atoms with E-state index in [2.05, 4.69) is 30.7 Å². The van der Waals surface area contributed by atoms with Crippen molar-refractivity contribution in [2.24, 2.45) is 4.99 Å². The van der Waals surface area contributed by atoms with E-state index in [-0.39, 0.29) is 36.1 Å². The van der Waals surface area contributed by atoms with Crippen LogP contribution >= 0.6 is 24.0 Å². The van der Waals surface area contributed by atoms with Crippen molar-refractivity contribution in [3.63, 3.8) is 0 Å². The molecule has 1 saturated heterocycles. The van der Waals surface area contributed by atoms with E-state index in [1.165, 1.54) is 0 Å². The maximum atomic E-state index is 12.0. The number of ether oxygens (including phenoxy) is 1. The van der Waals surface area contributed by atoms with E-state index < -0.39 is 5.60 Å². The minimum absolute atomic E-state index is 0. The molecule has 11 heteroatoms. The summed E-state index contributed by atoms with van der Waals surface area (Å²) in [6.45, 7) is 10.4. The number of aromatic amines is 1. The third kappa shape index (κ3) is 7.71. The molecule has 0 saturated carbocycles. The number of hydrogen-bond acceptors (Lipinski definition) is 6. The van der Waals surface area contributed by atoms with Crippen LogP contribution in [0.3, 0.4) is 0 Å². The van der Waals surface area contributed by atoms with Gasteiger partial charge in [0.25, 0.3) is 0 Å². The number of nitrogens with zero attached hydrogens (tertiary/aromatic N) is 4. The number of hydrogen-bond donors (Lipinski definition) is 3. The van der Waals surface area contributed by atoms with Crippen LogP contribution < -0.4 is 10.6 Å². The van der Waals surface area contributed by atoms with Gasteiger partial charge in [0.15, 0.2) is 11.7 Å². The first-order valence-corrected chi connectivity index (χ1v) is 10.3. The molecule has 2 aromatic heterocycles. The highest BCUT2D eigenvalue weighted by atomic mass is 127. The van der Waals surface area contributed by atoms with Gasteiger partial charge in [-0.05, 0) is 46.2 Å². The van der Waals surface area contributed by atoms with Gasteiger partial charge in [-0.2, -0.15) is 5.10 Å². The summed E-state index contributed by atoms with van der Waals surface area (Å²) in [7, 11) is 0. The van der Waals surface area contributed by atoms with Crippen LogP contribution in [0.4, 0.5) is 4.79 Å². The normalized spacial score (nSPS) is 16.7. The quantitative estimate of drug-likeness (QED) is 0.290. The van der Waals surface area contributed by atoms with Crippen LogP contribution in [0.5, 0.6) is 0 Å². The first-order chi connectivity index (χ1) is 14.3. The molecule has 0 spiro atoms. The number of likely N-dealkylation sites (tertiary alicyclic amines) is 1. The lowest BCUT2D eigenvalue weighted by atomic mass is 10.2. The highest BCUT2D eigenvalue weighted by Gasteiger charge is 2.27. The average molecular weight is 545 g/mol. The summed E-state index contributed by atoms with van der Waals surface area (Å²) in [5.74, 6) is 2.76. The van der Waals surface area contributed by atoms with E-state index >= 15 is 0 Å². The molecule has 1 aliphatic rings. The Labute approximate surface area is 199 Å². The van der Waals surface area contributed by atoms with Gasteiger partial charge in [-0.1, -0.05) is 0 Å². The van der Waals surface area contributed by atoms with Crippen LogP contribution in [0.15, 0.2) is 27.8 Å². The fraction of sp³-hybridized carbons (Fsp3) is 0.600. The Morgan fingerprint density at radius 2 is 2.26 bits per heavy atom. The number of nitrogens with one attached hydrogen (secondary N) is 3. The zero-order valence-electron chi connectivity index (χ0n) is 18.5. The SMILES string of the molecule is CCNC(=NCCc1nc(-c2ccco2)n[nH]1)N1CC[C@@H](NC(=O)OC(C)(C)C)C1.I. The number of amides is 1. The molecule has 3 N–H and O–H groups in total. The molecule has 3 heterocycles. The third-order valence-electron chi connectivity index (χ3n) is 4.43. The van der Waals surface area contributed by atoms with Crippen molar-refractivity contribution in [2.75, 3.05) is 26.2 Å². The lowest BCUT2D eigenvalue weighted by Crippen LogP contribution is -2.44. The van der Waals surface area contributed by atoms with Crippen LogP contribution in [0, 0.1) is 0 Å². The summed E-state index contributed by atoms with van der Waals surface area (Å²) in [6, 6.07) is 3.66. The monoisotopic (exact) mass is 545 g/mol. The first kappa shape index (κ1) is 25.0. The standard InChI is InChI=1S/C20H31N7O3.HI/c1-5-21-18(27-11-9-14(13-27)23-19(28)30-20(2,3)4)22-10-8-16-24-17(26-25-16)15-7-6-12-29-15;/h6-7,12,14H,5,8-11,13H2,1-4H3,(H,21,22)(H,23,28)(H,24,25,26);1H/t14-;/m1./s1. The zero-order chi connectivity index (χ0) is 21.6. The number of alkyl carbamates (subject to hydrolysis) is 1. The topological polar surface area (TPSA) is 121 Å². The number of furan rings is 1. The van der Waals surface area contributed by atoms with E-state index in [0.29, 0.717) is 31.1 Å². The number of carbonyl (C=O) groups excluding carboxylic acids is 1. The summed E-state index contributed by atoms with van der Waals surface area (Å²) >= 11 is 0. The summed E-state index contributed by atoms with van der Waals surface area (Å²) < 4.78 is 10.7. The maximum Gasteiger partial charge on any atom is 0.407 e. The number of rotatable bonds is 6. The Bertz CT molecular complexity index is 845. The first-order valence-electron chi connectivity index (χ1n) is 10.3. The number of halogens is 1. The van der Waals surface area contributed by atoms with Crippen LogP contribution in [-0.4, -0.2) is 70.0 Å². The molecule has 0 bridgehead atoms. The van der Waals surface area contributed by atoms with Gasteiger partial charge in [0.05, 0.1) is 12.3 Å². The number of aliphatic imine (C=N–C) groups is 1. The molecule has 1 atom stereocenters. The van der Waals surface area contributed by atoms with Crippen molar-refractivity contribution >= 4 is 36.0 Å². The second-order valence-electron chi connectivity index (χ2n) is 8.15. The third-order valence-corrected chi connectivity index (χ3v) is 4.43. The maximum absolute atomic E-state index is 12.0. The Hall–Kier alpha value is -2.31. The summed E-state index contributed by atoms with van der Waals surface area (Å²) in [5.41, 5.74) is -0.504. The predicted molar refractivity (Wildman–Crippen MR) is 129 cm³/mol. The Kier molecular flexibility index (Phi) is 9.14. The molecule has 0 unspecified atom stereocenters. The Balaban J connectivity index is 0.00000341. The van der Waals surface area contributed by atoms with Gasteiger partial charge in [-0.15, -0.1) is 24.0 Å². The number of aromatic nitrogens is 3. The molecule has 3 rings (SSSR count). The molecule has 2 aromatic rings. The average Bonchev–Trinajstić information content (AvgIpc) is 3.41. The molecule has 1 aliphatic heterocycles. The number of carbonyl (C=O) groups is 1. The number of H-pyrrole nitrogens is 1. The zero-order valence-corrected chi connectivity index (χ0v) is 20.8. The molecule has 172 valence electrons. The van der Waals surface area contributed by atoms with Crippen molar-refractivity contribution < 1.29 is 13.9 Å². The fourth-order valence-corrected chi connectivity index (χ4v) is 3.16. The largest absolute Gasteiger partial charge is 0.461 e. The van der Waals surface area contributed by atoms with Crippen molar-refractivity contribution in [1.82, 2.24) is 30.7 Å². The van der Waals surface area contributed by atoms with Gasteiger partial charge in [0.2, 0.25) is 5.82 Å². The van der Waals surface area contributed by atoms with Crippen molar-refractivity contribution in [3.8, 4) is 11.6 Å². The van der Waals surface area contributed by atoms with E-state index in [1.54, 1.807) is 12.3 Å².